The summed E-state index contributed by atoms with van der Waals surface area (Å²) in [6.07, 6.45) is 10.3. The van der Waals surface area contributed by atoms with Crippen molar-refractivity contribution >= 4 is 10.0 Å². The van der Waals surface area contributed by atoms with Gasteiger partial charge in [0.25, 0.3) is 0 Å². The third-order valence-corrected chi connectivity index (χ3v) is 8.95. The van der Waals surface area contributed by atoms with Gasteiger partial charge in [-0.05, 0) is 84.8 Å². The van der Waals surface area contributed by atoms with E-state index in [2.05, 4.69) is 51.3 Å². The largest absolute Gasteiger partial charge is 0.243 e. The average molecular weight is 444 g/mol. The number of nitrogens with zero attached hydrogens (tertiary/aromatic N) is 3. The van der Waals surface area contributed by atoms with Crippen molar-refractivity contribution in [3.05, 3.63) is 47.8 Å². The second-order valence-corrected chi connectivity index (χ2v) is 11.5. The quantitative estimate of drug-likeness (QED) is 0.453. The van der Waals surface area contributed by atoms with Crippen molar-refractivity contribution in [3.63, 3.8) is 0 Å². The highest BCUT2D eigenvalue weighted by molar-refractivity contribution is 7.89. The van der Waals surface area contributed by atoms with Gasteiger partial charge >= 0.3 is 0 Å². The number of aromatic nitrogens is 4. The van der Waals surface area contributed by atoms with Gasteiger partial charge in [-0.15, -0.1) is 5.10 Å². The van der Waals surface area contributed by atoms with Crippen LogP contribution >= 0.6 is 0 Å². The van der Waals surface area contributed by atoms with Crippen molar-refractivity contribution in [2.45, 2.75) is 70.2 Å². The molecule has 168 valence electrons. The normalized spacial score (nSPS) is 27.3. The van der Waals surface area contributed by atoms with Crippen LogP contribution < -0.4 is 4.72 Å². The lowest BCUT2D eigenvalue weighted by molar-refractivity contribution is -0.108. The van der Waals surface area contributed by atoms with Crippen molar-refractivity contribution in [3.8, 4) is 0 Å². The van der Waals surface area contributed by atoms with E-state index in [0.29, 0.717) is 22.6 Å². The number of benzene rings is 1. The van der Waals surface area contributed by atoms with Crippen LogP contribution in [-0.2, 0) is 16.4 Å². The van der Waals surface area contributed by atoms with Gasteiger partial charge in [-0.3, -0.25) is 0 Å². The van der Waals surface area contributed by atoms with Gasteiger partial charge in [0.15, 0.2) is 0 Å². The summed E-state index contributed by atoms with van der Waals surface area (Å²) in [4.78, 5) is 0.355. The summed E-state index contributed by atoms with van der Waals surface area (Å²) >= 11 is 0. The minimum absolute atomic E-state index is 0.0174. The van der Waals surface area contributed by atoms with Gasteiger partial charge in [0.05, 0.1) is 4.90 Å². The Balaban J connectivity index is 1.39. The maximum atomic E-state index is 13.1. The van der Waals surface area contributed by atoms with Crippen molar-refractivity contribution < 1.29 is 8.42 Å². The molecule has 5 rings (SSSR count). The highest BCUT2D eigenvalue weighted by Gasteiger charge is 2.58. The second kappa shape index (κ2) is 8.82. The molecule has 7 nitrogen and oxygen atoms in total. The Morgan fingerprint density at radius 3 is 2.65 bits per heavy atom. The number of rotatable bonds is 9. The Morgan fingerprint density at radius 2 is 1.97 bits per heavy atom. The first kappa shape index (κ1) is 22.1. The molecule has 1 heterocycles. The Morgan fingerprint density at radius 1 is 1.19 bits per heavy atom. The maximum absolute atomic E-state index is 13.1. The molecule has 2 N–H and O–H groups in total. The fraction of sp³-hybridized carbons (Fsp3) is 0.609. The molecular weight excluding hydrogens is 410 g/mol. The van der Waals surface area contributed by atoms with Crippen LogP contribution in [0.4, 0.5) is 0 Å². The van der Waals surface area contributed by atoms with E-state index < -0.39 is 10.0 Å². The van der Waals surface area contributed by atoms with E-state index in [1.807, 2.05) is 19.1 Å². The van der Waals surface area contributed by atoms with Crippen LogP contribution in [-0.4, -0.2) is 35.1 Å². The smallest absolute Gasteiger partial charge is 0.240 e. The minimum Gasteiger partial charge on any atom is -0.243 e. The van der Waals surface area contributed by atoms with Crippen molar-refractivity contribution in [1.29, 1.82) is 0 Å². The van der Waals surface area contributed by atoms with Gasteiger partial charge < -0.3 is 0 Å². The number of allylic oxidation sites excluding steroid dienone is 2. The third kappa shape index (κ3) is 4.75. The summed E-state index contributed by atoms with van der Waals surface area (Å²) in [7, 11) is -3.53. The summed E-state index contributed by atoms with van der Waals surface area (Å²) in [5.74, 6) is 2.24. The molecule has 3 fully saturated rings. The number of nitrogens with one attached hydrogen (secondary N) is 2. The van der Waals surface area contributed by atoms with Gasteiger partial charge in [0.2, 0.25) is 10.0 Å². The van der Waals surface area contributed by atoms with Gasteiger partial charge in [-0.1, -0.05) is 43.7 Å². The zero-order valence-corrected chi connectivity index (χ0v) is 19.4. The molecule has 8 heteroatoms. The second-order valence-electron chi connectivity index (χ2n) is 9.76. The Bertz CT molecular complexity index is 999. The molecule has 0 amide bonds. The summed E-state index contributed by atoms with van der Waals surface area (Å²) in [5, 5.41) is 13.9. The number of aryl methyl sites for hydroxylation is 2. The molecule has 31 heavy (non-hydrogen) atoms. The van der Waals surface area contributed by atoms with Crippen LogP contribution in [0.15, 0.2) is 41.3 Å². The third-order valence-electron chi connectivity index (χ3n) is 7.48. The lowest BCUT2D eigenvalue weighted by atomic mass is 9.45. The number of tetrazole rings is 1. The number of aromatic amines is 1. The Hall–Kier alpha value is -2.06. The molecule has 3 aliphatic rings. The van der Waals surface area contributed by atoms with Crippen molar-refractivity contribution in [2.75, 3.05) is 0 Å². The van der Waals surface area contributed by atoms with Crippen molar-refractivity contribution in [1.82, 2.24) is 25.3 Å². The fourth-order valence-corrected chi connectivity index (χ4v) is 6.70. The SMILES string of the molecule is Cc1ccc(S(=O)(=O)N[C@@H]2[C@@H](CC=CCCCc3nnn[nH]3)C[C@H]3C[C@@H]2C3(C)C)cc1. The molecular formula is C23H33N5O2S. The first-order valence-corrected chi connectivity index (χ1v) is 12.7. The number of H-pyrrole nitrogens is 1. The number of hydrogen-bond acceptors (Lipinski definition) is 5. The predicted molar refractivity (Wildman–Crippen MR) is 120 cm³/mol. The molecule has 1 aromatic heterocycles. The minimum atomic E-state index is -3.53. The average Bonchev–Trinajstić information content (AvgIpc) is 3.24. The lowest BCUT2D eigenvalue weighted by Crippen LogP contribution is -2.63. The molecule has 3 aliphatic carbocycles. The standard InChI is InChI=1S/C23H33N5O2S/c1-16-10-12-19(13-11-16)31(29,30)26-22-17(14-18-15-20(22)23(18,2)3)8-6-4-5-7-9-21-24-27-28-25-21/h4,6,10-13,17-18,20,22,26H,5,7-9,14-15H2,1-3H3,(H,24,25,27,28)/t17-,18-,20-,22+/m0/s1. The monoisotopic (exact) mass is 443 g/mol. The van der Waals surface area contributed by atoms with Crippen LogP contribution in [0, 0.1) is 30.1 Å². The van der Waals surface area contributed by atoms with Crippen molar-refractivity contribution in [2.24, 2.45) is 23.2 Å². The van der Waals surface area contributed by atoms with Gasteiger partial charge in [0, 0.05) is 12.5 Å². The van der Waals surface area contributed by atoms with Crippen LogP contribution in [0.5, 0.6) is 0 Å². The molecule has 1 aromatic carbocycles. The van der Waals surface area contributed by atoms with E-state index in [0.717, 1.165) is 49.9 Å². The summed E-state index contributed by atoms with van der Waals surface area (Å²) in [6.45, 7) is 6.56. The van der Waals surface area contributed by atoms with Crippen LogP contribution in [0.25, 0.3) is 0 Å². The van der Waals surface area contributed by atoms with E-state index in [1.165, 1.54) is 0 Å². The first-order valence-electron chi connectivity index (χ1n) is 11.2. The van der Waals surface area contributed by atoms with Crippen LogP contribution in [0.1, 0.15) is 57.3 Å². The van der Waals surface area contributed by atoms with E-state index in [-0.39, 0.29) is 11.5 Å². The summed E-state index contributed by atoms with van der Waals surface area (Å²) in [6, 6.07) is 7.10. The van der Waals surface area contributed by atoms with Gasteiger partial charge in [-0.25, -0.2) is 18.2 Å². The maximum Gasteiger partial charge on any atom is 0.240 e. The molecule has 0 spiro atoms. The first-order chi connectivity index (χ1) is 14.8. The molecule has 0 aliphatic heterocycles. The summed E-state index contributed by atoms with van der Waals surface area (Å²) < 4.78 is 29.3. The molecule has 3 saturated carbocycles. The molecule has 0 saturated heterocycles. The number of hydrogen-bond donors (Lipinski definition) is 2. The number of unbranched alkanes of at least 4 members (excludes halogenated alkanes) is 1. The van der Waals surface area contributed by atoms with Crippen LogP contribution in [0.2, 0.25) is 0 Å². The van der Waals surface area contributed by atoms with E-state index >= 15 is 0 Å². The predicted octanol–water partition coefficient (Wildman–Crippen LogP) is 3.81. The number of fused-ring (bicyclic) bond motifs is 2. The van der Waals surface area contributed by atoms with E-state index in [9.17, 15) is 8.42 Å². The van der Waals surface area contributed by atoms with E-state index in [1.54, 1.807) is 12.1 Å². The topological polar surface area (TPSA) is 101 Å². The highest BCUT2D eigenvalue weighted by Crippen LogP contribution is 2.61. The molecule has 2 aromatic rings. The molecule has 0 unspecified atom stereocenters. The lowest BCUT2D eigenvalue weighted by Gasteiger charge is -2.62. The molecule has 2 bridgehead atoms. The zero-order chi connectivity index (χ0) is 22.1. The Labute approximate surface area is 185 Å². The highest BCUT2D eigenvalue weighted by atomic mass is 32.2. The number of sulfonamides is 1. The summed E-state index contributed by atoms with van der Waals surface area (Å²) in [5.41, 5.74) is 1.26. The van der Waals surface area contributed by atoms with Gasteiger partial charge in [0.1, 0.15) is 5.82 Å². The molecule has 0 radical (unpaired) electrons. The molecule has 4 atom stereocenters. The van der Waals surface area contributed by atoms with E-state index in [4.69, 9.17) is 0 Å². The zero-order valence-electron chi connectivity index (χ0n) is 18.6. The Kier molecular flexibility index (Phi) is 6.30. The van der Waals surface area contributed by atoms with Crippen LogP contribution in [0.3, 0.4) is 0 Å². The van der Waals surface area contributed by atoms with Gasteiger partial charge in [-0.2, -0.15) is 0 Å². The fourth-order valence-electron chi connectivity index (χ4n) is 5.35.